The number of rotatable bonds is 1. The summed E-state index contributed by atoms with van der Waals surface area (Å²) in [6.07, 6.45) is 1.80. The number of aryl methyl sites for hydroxylation is 1. The Morgan fingerprint density at radius 1 is 1.19 bits per heavy atom. The molecule has 0 saturated carbocycles. The predicted molar refractivity (Wildman–Crippen MR) is 86.7 cm³/mol. The summed E-state index contributed by atoms with van der Waals surface area (Å²) < 4.78 is 1.99. The van der Waals surface area contributed by atoms with Gasteiger partial charge in [-0.15, -0.1) is 0 Å². The van der Waals surface area contributed by atoms with Gasteiger partial charge in [0.05, 0.1) is 12.0 Å². The molecule has 6 heteroatoms. The van der Waals surface area contributed by atoms with E-state index in [-0.39, 0.29) is 5.50 Å². The van der Waals surface area contributed by atoms with E-state index in [1.807, 2.05) is 41.8 Å². The molecule has 0 fully saturated rings. The molecule has 1 aliphatic rings. The van der Waals surface area contributed by atoms with Crippen LogP contribution in [0.5, 0.6) is 0 Å². The third kappa shape index (κ3) is 1.81. The molecule has 1 aliphatic heterocycles. The normalized spacial score (nSPS) is 16.7. The fraction of sp³-hybridized carbons (Fsp3) is 0.200. The van der Waals surface area contributed by atoms with E-state index in [0.29, 0.717) is 0 Å². The Morgan fingerprint density at radius 2 is 1.95 bits per heavy atom. The van der Waals surface area contributed by atoms with Gasteiger partial charge >= 0.3 is 0 Å². The summed E-state index contributed by atoms with van der Waals surface area (Å²) in [4.78, 5) is 11.3. The molecule has 3 aromatic rings. The van der Waals surface area contributed by atoms with Crippen molar-refractivity contribution < 1.29 is 0 Å². The van der Waals surface area contributed by atoms with E-state index < -0.39 is 0 Å². The minimum Gasteiger partial charge on any atom is -0.343 e. The van der Waals surface area contributed by atoms with Crippen molar-refractivity contribution in [1.29, 1.82) is 0 Å². The van der Waals surface area contributed by atoms with Crippen LogP contribution in [0.25, 0.3) is 22.0 Å². The lowest BCUT2D eigenvalue weighted by Crippen LogP contribution is -2.24. The highest BCUT2D eigenvalue weighted by molar-refractivity contribution is 7.19. The van der Waals surface area contributed by atoms with E-state index in [2.05, 4.69) is 17.1 Å². The second-order valence-electron chi connectivity index (χ2n) is 5.07. The zero-order chi connectivity index (χ0) is 14.6. The quantitative estimate of drug-likeness (QED) is 0.504. The lowest BCUT2D eigenvalue weighted by molar-refractivity contribution is 0.845. The standard InChI is InChI=1S/C15H13ClN4S/c1-19-8-17-10-12(19)11-15(20(2)13(10)16)21-14(18-11)9-6-4-3-5-7-9/h3-8,13H,1-2H3. The third-order valence-corrected chi connectivity index (χ3v) is 5.40. The topological polar surface area (TPSA) is 34.0 Å². The third-order valence-electron chi connectivity index (χ3n) is 3.71. The fourth-order valence-electron chi connectivity index (χ4n) is 2.61. The van der Waals surface area contributed by atoms with E-state index >= 15 is 0 Å². The maximum Gasteiger partial charge on any atom is 0.149 e. The van der Waals surface area contributed by atoms with Crippen molar-refractivity contribution in [2.75, 3.05) is 11.9 Å². The van der Waals surface area contributed by atoms with Crippen LogP contribution in [0.4, 0.5) is 5.00 Å². The Kier molecular flexibility index (Phi) is 2.80. The summed E-state index contributed by atoms with van der Waals surface area (Å²) >= 11 is 8.19. The maximum atomic E-state index is 6.52. The molecule has 3 heterocycles. The maximum absolute atomic E-state index is 6.52. The number of anilines is 1. The number of halogens is 1. The molecule has 2 aromatic heterocycles. The van der Waals surface area contributed by atoms with Crippen molar-refractivity contribution in [3.63, 3.8) is 0 Å². The van der Waals surface area contributed by atoms with Crippen molar-refractivity contribution in [3.8, 4) is 22.0 Å². The van der Waals surface area contributed by atoms with Gasteiger partial charge in [-0.2, -0.15) is 0 Å². The SMILES string of the molecule is CN1c2sc(-c3ccccc3)nc2-c2c(ncn2C)C1Cl. The first kappa shape index (κ1) is 12.9. The van der Waals surface area contributed by atoms with Gasteiger partial charge in [0, 0.05) is 19.7 Å². The number of nitrogens with zero attached hydrogens (tertiary/aromatic N) is 4. The number of imidazole rings is 1. The monoisotopic (exact) mass is 316 g/mol. The van der Waals surface area contributed by atoms with Crippen LogP contribution >= 0.6 is 22.9 Å². The van der Waals surface area contributed by atoms with E-state index in [1.165, 1.54) is 0 Å². The van der Waals surface area contributed by atoms with Gasteiger partial charge in [-0.05, 0) is 0 Å². The number of hydrogen-bond donors (Lipinski definition) is 0. The van der Waals surface area contributed by atoms with Crippen LogP contribution in [-0.2, 0) is 7.05 Å². The average Bonchev–Trinajstić information content (AvgIpc) is 3.10. The molecule has 0 amide bonds. The lowest BCUT2D eigenvalue weighted by Gasteiger charge is -2.28. The highest BCUT2D eigenvalue weighted by Gasteiger charge is 2.34. The molecular weight excluding hydrogens is 304 g/mol. The average molecular weight is 317 g/mol. The molecule has 0 saturated heterocycles. The molecule has 0 N–H and O–H groups in total. The molecule has 0 radical (unpaired) electrons. The van der Waals surface area contributed by atoms with Crippen LogP contribution in [0, 0.1) is 0 Å². The summed E-state index contributed by atoms with van der Waals surface area (Å²) in [5.41, 5.74) is 3.73. The van der Waals surface area contributed by atoms with Crippen molar-refractivity contribution in [1.82, 2.24) is 14.5 Å². The molecule has 1 atom stereocenters. The molecule has 0 bridgehead atoms. The Bertz CT molecular complexity index is 808. The van der Waals surface area contributed by atoms with Crippen molar-refractivity contribution >= 4 is 27.9 Å². The molecule has 21 heavy (non-hydrogen) atoms. The smallest absolute Gasteiger partial charge is 0.149 e. The molecule has 0 spiro atoms. The van der Waals surface area contributed by atoms with Crippen molar-refractivity contribution in [2.45, 2.75) is 5.50 Å². The molecule has 4 nitrogen and oxygen atoms in total. The van der Waals surface area contributed by atoms with Crippen LogP contribution in [-0.4, -0.2) is 21.6 Å². The predicted octanol–water partition coefficient (Wildman–Crippen LogP) is 3.90. The molecule has 0 aliphatic carbocycles. The van der Waals surface area contributed by atoms with Crippen LogP contribution in [0.2, 0.25) is 0 Å². The molecular formula is C15H13ClN4S. The Morgan fingerprint density at radius 3 is 2.71 bits per heavy atom. The van der Waals surface area contributed by atoms with Crippen LogP contribution in [0.15, 0.2) is 36.7 Å². The Hall–Kier alpha value is -1.85. The summed E-state index contributed by atoms with van der Waals surface area (Å²) in [6.45, 7) is 0. The van der Waals surface area contributed by atoms with E-state index in [4.69, 9.17) is 16.6 Å². The first-order valence-electron chi connectivity index (χ1n) is 6.61. The van der Waals surface area contributed by atoms with Gasteiger partial charge < -0.3 is 9.47 Å². The minimum absolute atomic E-state index is 0.252. The van der Waals surface area contributed by atoms with E-state index in [0.717, 1.165) is 32.7 Å². The van der Waals surface area contributed by atoms with Crippen molar-refractivity contribution in [2.24, 2.45) is 7.05 Å². The van der Waals surface area contributed by atoms with E-state index in [1.54, 1.807) is 17.7 Å². The Labute approximate surface area is 131 Å². The molecule has 4 rings (SSSR count). The summed E-state index contributed by atoms with van der Waals surface area (Å²) in [5, 5.41) is 2.09. The fourth-order valence-corrected chi connectivity index (χ4v) is 3.98. The van der Waals surface area contributed by atoms with Gasteiger partial charge in [0.15, 0.2) is 0 Å². The first-order chi connectivity index (χ1) is 10.2. The van der Waals surface area contributed by atoms with Gasteiger partial charge in [0.1, 0.15) is 26.9 Å². The minimum atomic E-state index is -0.252. The Balaban J connectivity index is 1.94. The van der Waals surface area contributed by atoms with Gasteiger partial charge in [-0.25, -0.2) is 9.97 Å². The lowest BCUT2D eigenvalue weighted by atomic mass is 10.1. The number of aromatic nitrogens is 3. The number of hydrogen-bond acceptors (Lipinski definition) is 4. The van der Waals surface area contributed by atoms with Gasteiger partial charge in [0.25, 0.3) is 0 Å². The first-order valence-corrected chi connectivity index (χ1v) is 7.87. The second-order valence-corrected chi connectivity index (χ2v) is 6.47. The van der Waals surface area contributed by atoms with Crippen molar-refractivity contribution in [3.05, 3.63) is 42.4 Å². The van der Waals surface area contributed by atoms with Crippen LogP contribution in [0.1, 0.15) is 11.2 Å². The molecule has 1 aromatic carbocycles. The number of thiazole rings is 1. The largest absolute Gasteiger partial charge is 0.343 e. The zero-order valence-corrected chi connectivity index (χ0v) is 13.2. The molecule has 1 unspecified atom stereocenters. The molecule has 106 valence electrons. The van der Waals surface area contributed by atoms with Crippen LogP contribution in [0.3, 0.4) is 0 Å². The highest BCUT2D eigenvalue weighted by atomic mass is 35.5. The van der Waals surface area contributed by atoms with E-state index in [9.17, 15) is 0 Å². The van der Waals surface area contributed by atoms with Gasteiger partial charge in [0.2, 0.25) is 0 Å². The van der Waals surface area contributed by atoms with Crippen LogP contribution < -0.4 is 4.90 Å². The summed E-state index contributed by atoms with van der Waals surface area (Å²) in [6, 6.07) is 10.2. The summed E-state index contributed by atoms with van der Waals surface area (Å²) in [7, 11) is 3.97. The number of benzene rings is 1. The van der Waals surface area contributed by atoms with Gasteiger partial charge in [-0.3, -0.25) is 0 Å². The summed E-state index contributed by atoms with van der Waals surface area (Å²) in [5.74, 6) is 0. The second kappa shape index (κ2) is 4.58. The zero-order valence-electron chi connectivity index (χ0n) is 11.6. The van der Waals surface area contributed by atoms with Gasteiger partial charge in [-0.1, -0.05) is 53.3 Å². The number of fused-ring (bicyclic) bond motifs is 3. The highest BCUT2D eigenvalue weighted by Crippen LogP contribution is 2.48. The number of alkyl halides is 1.